The predicted octanol–water partition coefficient (Wildman–Crippen LogP) is 2.02. The summed E-state index contributed by atoms with van der Waals surface area (Å²) in [7, 11) is 0. The molecule has 0 bridgehead atoms. The molecule has 17 heavy (non-hydrogen) atoms. The van der Waals surface area contributed by atoms with Gasteiger partial charge in [0.05, 0.1) is 0 Å². The van der Waals surface area contributed by atoms with Crippen LogP contribution in [-0.2, 0) is 4.79 Å². The molecule has 3 nitrogen and oxygen atoms in total. The van der Waals surface area contributed by atoms with Crippen LogP contribution >= 0.6 is 0 Å². The highest BCUT2D eigenvalue weighted by Gasteiger charge is 2.52. The van der Waals surface area contributed by atoms with Crippen molar-refractivity contribution in [3.05, 3.63) is 0 Å². The quantitative estimate of drug-likeness (QED) is 0.816. The van der Waals surface area contributed by atoms with Crippen molar-refractivity contribution in [2.75, 3.05) is 19.6 Å². The number of carbonyl (C=O) groups excluding carboxylic acids is 1. The number of likely N-dealkylation sites (tertiary alicyclic amines) is 1. The normalized spacial score (nSPS) is 32.1. The van der Waals surface area contributed by atoms with Gasteiger partial charge in [0.15, 0.2) is 0 Å². The first kappa shape index (κ1) is 12.9. The maximum absolute atomic E-state index is 12.4. The summed E-state index contributed by atoms with van der Waals surface area (Å²) in [5.74, 6) is 0.647. The highest BCUT2D eigenvalue weighted by molar-refractivity contribution is 5.81. The Balaban J connectivity index is 1.93. The van der Waals surface area contributed by atoms with Crippen LogP contribution in [0.1, 0.15) is 46.5 Å². The molecule has 1 amide bonds. The third-order valence-corrected chi connectivity index (χ3v) is 4.68. The van der Waals surface area contributed by atoms with Gasteiger partial charge in [0, 0.05) is 25.0 Å². The van der Waals surface area contributed by atoms with Crippen molar-refractivity contribution in [2.24, 2.45) is 11.3 Å². The molecular formula is C14H26N2O. The molecule has 2 rings (SSSR count). The molecular weight excluding hydrogens is 212 g/mol. The minimum Gasteiger partial charge on any atom is -0.342 e. The lowest BCUT2D eigenvalue weighted by Gasteiger charge is -2.53. The van der Waals surface area contributed by atoms with Gasteiger partial charge >= 0.3 is 0 Å². The second-order valence-electron chi connectivity index (χ2n) is 6.11. The van der Waals surface area contributed by atoms with Gasteiger partial charge in [-0.2, -0.15) is 0 Å². The van der Waals surface area contributed by atoms with E-state index in [-0.39, 0.29) is 11.3 Å². The minimum absolute atomic E-state index is 0.130. The summed E-state index contributed by atoms with van der Waals surface area (Å²) >= 11 is 0. The number of hydrogen-bond acceptors (Lipinski definition) is 2. The van der Waals surface area contributed by atoms with Gasteiger partial charge in [0.25, 0.3) is 0 Å². The molecule has 0 radical (unpaired) electrons. The third-order valence-electron chi connectivity index (χ3n) is 4.68. The fraction of sp³-hybridized carbons (Fsp3) is 0.929. The molecule has 0 aromatic carbocycles. The van der Waals surface area contributed by atoms with Crippen LogP contribution in [0, 0.1) is 11.3 Å². The molecule has 2 aliphatic rings. The van der Waals surface area contributed by atoms with Gasteiger partial charge in [-0.25, -0.2) is 0 Å². The molecule has 1 aliphatic heterocycles. The van der Waals surface area contributed by atoms with E-state index in [0.29, 0.717) is 11.9 Å². The molecule has 98 valence electrons. The number of rotatable bonds is 3. The summed E-state index contributed by atoms with van der Waals surface area (Å²) in [5, 5.41) is 3.49. The topological polar surface area (TPSA) is 32.3 Å². The van der Waals surface area contributed by atoms with Crippen LogP contribution in [0.3, 0.4) is 0 Å². The van der Waals surface area contributed by atoms with E-state index >= 15 is 0 Å². The number of piperidine rings is 1. The minimum atomic E-state index is 0.130. The zero-order valence-electron chi connectivity index (χ0n) is 11.5. The summed E-state index contributed by atoms with van der Waals surface area (Å²) in [4.78, 5) is 14.5. The summed E-state index contributed by atoms with van der Waals surface area (Å²) in [6.07, 6.45) is 4.69. The van der Waals surface area contributed by atoms with Crippen molar-refractivity contribution in [3.63, 3.8) is 0 Å². The Morgan fingerprint density at radius 1 is 1.29 bits per heavy atom. The maximum Gasteiger partial charge on any atom is 0.226 e. The Kier molecular flexibility index (Phi) is 3.76. The summed E-state index contributed by atoms with van der Waals surface area (Å²) < 4.78 is 0. The molecule has 2 atom stereocenters. The van der Waals surface area contributed by atoms with Crippen molar-refractivity contribution in [1.29, 1.82) is 0 Å². The summed E-state index contributed by atoms with van der Waals surface area (Å²) in [6, 6.07) is 0.520. The number of hydrogen-bond donors (Lipinski definition) is 1. The Hall–Kier alpha value is -0.570. The number of carbonyl (C=O) groups is 1. The number of nitrogens with one attached hydrogen (secondary N) is 1. The van der Waals surface area contributed by atoms with E-state index in [9.17, 15) is 4.79 Å². The van der Waals surface area contributed by atoms with Gasteiger partial charge in [0.2, 0.25) is 5.91 Å². The molecule has 0 aromatic rings. The van der Waals surface area contributed by atoms with Crippen molar-refractivity contribution < 1.29 is 4.79 Å². The van der Waals surface area contributed by atoms with Crippen LogP contribution in [-0.4, -0.2) is 36.5 Å². The molecule has 1 N–H and O–H groups in total. The van der Waals surface area contributed by atoms with Gasteiger partial charge in [-0.3, -0.25) is 4.79 Å². The van der Waals surface area contributed by atoms with Crippen LogP contribution in [0.5, 0.6) is 0 Å². The largest absolute Gasteiger partial charge is 0.342 e. The first-order valence-electron chi connectivity index (χ1n) is 7.09. The molecule has 3 heteroatoms. The average molecular weight is 238 g/mol. The summed E-state index contributed by atoms with van der Waals surface area (Å²) in [6.45, 7) is 9.57. The maximum atomic E-state index is 12.4. The van der Waals surface area contributed by atoms with Gasteiger partial charge in [-0.15, -0.1) is 0 Å². The van der Waals surface area contributed by atoms with Crippen molar-refractivity contribution >= 4 is 5.91 Å². The predicted molar refractivity (Wildman–Crippen MR) is 69.8 cm³/mol. The lowest BCUT2D eigenvalue weighted by atomic mass is 9.58. The highest BCUT2D eigenvalue weighted by Crippen LogP contribution is 2.47. The van der Waals surface area contributed by atoms with E-state index in [2.05, 4.69) is 31.0 Å². The van der Waals surface area contributed by atoms with Crippen LogP contribution in [0.25, 0.3) is 0 Å². The first-order chi connectivity index (χ1) is 8.07. The molecule has 1 saturated heterocycles. The Labute approximate surface area is 105 Å². The summed E-state index contributed by atoms with van der Waals surface area (Å²) in [5.41, 5.74) is 0.130. The van der Waals surface area contributed by atoms with Crippen LogP contribution in [0.15, 0.2) is 0 Å². The van der Waals surface area contributed by atoms with Crippen molar-refractivity contribution in [3.8, 4) is 0 Å². The molecule has 2 fully saturated rings. The monoisotopic (exact) mass is 238 g/mol. The number of nitrogens with zero attached hydrogens (tertiary/aromatic N) is 1. The van der Waals surface area contributed by atoms with Gasteiger partial charge < -0.3 is 10.2 Å². The smallest absolute Gasteiger partial charge is 0.226 e. The van der Waals surface area contributed by atoms with E-state index < -0.39 is 0 Å². The fourth-order valence-electron chi connectivity index (χ4n) is 3.27. The zero-order chi connectivity index (χ0) is 12.5. The Morgan fingerprint density at radius 2 is 1.94 bits per heavy atom. The van der Waals surface area contributed by atoms with Crippen LogP contribution < -0.4 is 5.32 Å². The second-order valence-corrected chi connectivity index (χ2v) is 6.11. The van der Waals surface area contributed by atoms with Gasteiger partial charge in [-0.1, -0.05) is 20.8 Å². The Morgan fingerprint density at radius 3 is 2.47 bits per heavy atom. The first-order valence-corrected chi connectivity index (χ1v) is 7.09. The Bertz CT molecular complexity index is 282. The fourth-order valence-corrected chi connectivity index (χ4v) is 3.27. The SMILES string of the molecule is CCN[C@@H]1C[C@H](C(=O)N2CCCCC2)C1(C)C. The van der Waals surface area contributed by atoms with E-state index in [1.165, 1.54) is 19.3 Å². The standard InChI is InChI=1S/C14H26N2O/c1-4-15-12-10-11(14(12,2)3)13(17)16-8-6-5-7-9-16/h11-12,15H,4-10H2,1-3H3/t11-,12-/m1/s1. The van der Waals surface area contributed by atoms with Gasteiger partial charge in [0.1, 0.15) is 0 Å². The van der Waals surface area contributed by atoms with E-state index in [4.69, 9.17) is 0 Å². The van der Waals surface area contributed by atoms with E-state index in [1.54, 1.807) is 0 Å². The van der Waals surface area contributed by atoms with Crippen LogP contribution in [0.4, 0.5) is 0 Å². The molecule has 1 heterocycles. The molecule has 1 saturated carbocycles. The lowest BCUT2D eigenvalue weighted by molar-refractivity contribution is -0.149. The molecule has 0 spiro atoms. The second kappa shape index (κ2) is 4.97. The van der Waals surface area contributed by atoms with Crippen LogP contribution in [0.2, 0.25) is 0 Å². The zero-order valence-corrected chi connectivity index (χ0v) is 11.5. The van der Waals surface area contributed by atoms with E-state index in [0.717, 1.165) is 26.1 Å². The highest BCUT2D eigenvalue weighted by atomic mass is 16.2. The third kappa shape index (κ3) is 2.35. The van der Waals surface area contributed by atoms with Crippen molar-refractivity contribution in [1.82, 2.24) is 10.2 Å². The van der Waals surface area contributed by atoms with Crippen molar-refractivity contribution in [2.45, 2.75) is 52.5 Å². The number of amides is 1. The lowest BCUT2D eigenvalue weighted by Crippen LogP contribution is -2.61. The molecule has 0 aromatic heterocycles. The molecule has 0 unspecified atom stereocenters. The molecule has 1 aliphatic carbocycles. The van der Waals surface area contributed by atoms with Gasteiger partial charge in [-0.05, 0) is 37.6 Å². The average Bonchev–Trinajstić information content (AvgIpc) is 2.34. The van der Waals surface area contributed by atoms with E-state index in [1.807, 2.05) is 0 Å².